The van der Waals surface area contributed by atoms with E-state index < -0.39 is 6.09 Å². The summed E-state index contributed by atoms with van der Waals surface area (Å²) in [5.41, 5.74) is 10.7. The van der Waals surface area contributed by atoms with Gasteiger partial charge in [0.1, 0.15) is 29.2 Å². The van der Waals surface area contributed by atoms with Crippen LogP contribution >= 0.6 is 11.3 Å². The molecule has 13 heteroatoms. The number of amides is 2. The van der Waals surface area contributed by atoms with E-state index in [0.717, 1.165) is 53.4 Å². The molecule has 0 spiro atoms. The lowest BCUT2D eigenvalue weighted by molar-refractivity contribution is -0.118. The van der Waals surface area contributed by atoms with Gasteiger partial charge in [-0.1, -0.05) is 0 Å². The first-order valence-corrected chi connectivity index (χ1v) is 15.6. The number of rotatable bonds is 10. The Kier molecular flexibility index (Phi) is 7.18. The molecule has 2 aliphatic carbocycles. The number of fused-ring (bicyclic) bond motifs is 2. The van der Waals surface area contributed by atoms with Gasteiger partial charge in [-0.05, 0) is 88.2 Å². The maximum absolute atomic E-state index is 12.6. The summed E-state index contributed by atoms with van der Waals surface area (Å²) in [4.78, 5) is 40.9. The van der Waals surface area contributed by atoms with Crippen molar-refractivity contribution in [3.63, 3.8) is 0 Å². The highest BCUT2D eigenvalue weighted by atomic mass is 32.1. The van der Waals surface area contributed by atoms with Crippen LogP contribution in [0.15, 0.2) is 18.3 Å². The van der Waals surface area contributed by atoms with Crippen LogP contribution in [0, 0.1) is 19.8 Å². The molecule has 2 amide bonds. The van der Waals surface area contributed by atoms with E-state index in [4.69, 9.17) is 24.9 Å². The molecule has 1 saturated heterocycles. The number of thiazole rings is 1. The fourth-order valence-electron chi connectivity index (χ4n) is 5.87. The van der Waals surface area contributed by atoms with Crippen LogP contribution < -0.4 is 30.7 Å². The van der Waals surface area contributed by atoms with Crippen LogP contribution in [-0.2, 0) is 22.4 Å². The molecule has 4 aliphatic rings. The zero-order chi connectivity index (χ0) is 29.7. The van der Waals surface area contributed by atoms with Crippen molar-refractivity contribution in [1.29, 1.82) is 0 Å². The number of hydrogen-bond acceptors (Lipinski definition) is 11. The van der Waals surface area contributed by atoms with Gasteiger partial charge in [0, 0.05) is 16.6 Å². The molecular formula is C30H35N7O5S. The normalized spacial score (nSPS) is 21.6. The van der Waals surface area contributed by atoms with Crippen molar-refractivity contribution in [2.75, 3.05) is 43.1 Å². The predicted molar refractivity (Wildman–Crippen MR) is 161 cm³/mol. The summed E-state index contributed by atoms with van der Waals surface area (Å²) < 4.78 is 17.2. The number of nitrogens with two attached hydrogens (primary N) is 1. The van der Waals surface area contributed by atoms with Crippen molar-refractivity contribution in [1.82, 2.24) is 20.3 Å². The number of cyclic esters (lactones) is 1. The summed E-state index contributed by atoms with van der Waals surface area (Å²) in [7, 11) is 0. The second-order valence-electron chi connectivity index (χ2n) is 12.0. The van der Waals surface area contributed by atoms with Gasteiger partial charge >= 0.3 is 6.09 Å². The summed E-state index contributed by atoms with van der Waals surface area (Å²) in [6.45, 7) is 6.54. The standard InChI is InChI=1S/C30H35N7O5S/c1-16-11-33-28(43-16)25-21-10-18(9-20(21)17(2)27(36-25)41-15-30(31)6-7-30)12-32-8-5-19-13-37(29(39)42-19)23-4-3-22-26(34-23)35-24(38)14-40-22/h3-4,11,18-19,32H,5-10,12-15,31H2,1-2H3,(H,34,35,38). The Bertz CT molecular complexity index is 1590. The lowest BCUT2D eigenvalue weighted by Gasteiger charge is -2.19. The maximum Gasteiger partial charge on any atom is 0.415 e. The molecule has 2 unspecified atom stereocenters. The quantitative estimate of drug-likeness (QED) is 0.294. The molecule has 4 N–H and O–H groups in total. The number of hydrogen-bond donors (Lipinski definition) is 3. The molecule has 43 heavy (non-hydrogen) atoms. The van der Waals surface area contributed by atoms with E-state index >= 15 is 0 Å². The van der Waals surface area contributed by atoms with Gasteiger partial charge in [-0.15, -0.1) is 11.3 Å². The highest BCUT2D eigenvalue weighted by Crippen LogP contribution is 2.41. The SMILES string of the molecule is Cc1cnc(-c2nc(OCC3(N)CC3)c(C)c3c2CC(CNCCC2CN(c4ccc5c(n4)NC(=O)CO5)C(=O)O2)C3)s1. The second-order valence-corrected chi connectivity index (χ2v) is 13.2. The first-order valence-electron chi connectivity index (χ1n) is 14.7. The third-order valence-electron chi connectivity index (χ3n) is 8.52. The van der Waals surface area contributed by atoms with E-state index in [1.165, 1.54) is 16.0 Å². The van der Waals surface area contributed by atoms with Crippen molar-refractivity contribution in [2.45, 2.75) is 57.6 Å². The van der Waals surface area contributed by atoms with E-state index in [2.05, 4.69) is 34.4 Å². The molecule has 7 rings (SSSR count). The van der Waals surface area contributed by atoms with Crippen molar-refractivity contribution in [3.8, 4) is 22.3 Å². The van der Waals surface area contributed by atoms with E-state index in [9.17, 15) is 9.59 Å². The minimum Gasteiger partial charge on any atom is -0.480 e. The predicted octanol–water partition coefficient (Wildman–Crippen LogP) is 3.14. The van der Waals surface area contributed by atoms with Crippen LogP contribution in [0.2, 0.25) is 0 Å². The first-order chi connectivity index (χ1) is 20.7. The van der Waals surface area contributed by atoms with E-state index in [1.54, 1.807) is 23.5 Å². The average molecular weight is 606 g/mol. The number of ether oxygens (including phenoxy) is 3. The summed E-state index contributed by atoms with van der Waals surface area (Å²) in [6, 6.07) is 3.40. The fourth-order valence-corrected chi connectivity index (χ4v) is 6.65. The largest absolute Gasteiger partial charge is 0.480 e. The lowest BCUT2D eigenvalue weighted by Crippen LogP contribution is -2.30. The van der Waals surface area contributed by atoms with E-state index in [0.29, 0.717) is 55.3 Å². The molecule has 2 fully saturated rings. The van der Waals surface area contributed by atoms with Gasteiger partial charge < -0.3 is 30.6 Å². The van der Waals surface area contributed by atoms with Crippen molar-refractivity contribution in [3.05, 3.63) is 39.9 Å². The Labute approximate surface area is 253 Å². The summed E-state index contributed by atoms with van der Waals surface area (Å²) in [5, 5.41) is 7.19. The fraction of sp³-hybridized carbons (Fsp3) is 0.500. The Morgan fingerprint density at radius 2 is 2.05 bits per heavy atom. The molecule has 2 aliphatic heterocycles. The summed E-state index contributed by atoms with van der Waals surface area (Å²) >= 11 is 1.66. The third-order valence-corrected chi connectivity index (χ3v) is 9.44. The zero-order valence-corrected chi connectivity index (χ0v) is 25.1. The van der Waals surface area contributed by atoms with Gasteiger partial charge in [-0.25, -0.2) is 19.7 Å². The number of pyridine rings is 2. The number of aryl methyl sites for hydroxylation is 1. The molecule has 12 nitrogen and oxygen atoms in total. The smallest absolute Gasteiger partial charge is 0.415 e. The average Bonchev–Trinajstić information content (AvgIpc) is 3.31. The second kappa shape index (κ2) is 11.0. The van der Waals surface area contributed by atoms with Crippen molar-refractivity contribution < 1.29 is 23.8 Å². The maximum atomic E-state index is 12.6. The Morgan fingerprint density at radius 3 is 2.84 bits per heavy atom. The van der Waals surface area contributed by atoms with Gasteiger partial charge in [-0.2, -0.15) is 0 Å². The van der Waals surface area contributed by atoms with Gasteiger partial charge in [0.25, 0.3) is 5.91 Å². The van der Waals surface area contributed by atoms with E-state index in [1.807, 2.05) is 6.20 Å². The summed E-state index contributed by atoms with van der Waals surface area (Å²) in [6.07, 6.45) is 5.70. The molecule has 3 aromatic heterocycles. The van der Waals surface area contributed by atoms with Crippen LogP contribution in [0.25, 0.3) is 10.7 Å². The van der Waals surface area contributed by atoms with Crippen LogP contribution in [0.5, 0.6) is 11.6 Å². The minimum absolute atomic E-state index is 0.0458. The highest BCUT2D eigenvalue weighted by molar-refractivity contribution is 7.14. The molecule has 0 radical (unpaired) electrons. The third kappa shape index (κ3) is 5.76. The van der Waals surface area contributed by atoms with Crippen LogP contribution in [0.1, 0.15) is 40.8 Å². The van der Waals surface area contributed by atoms with Crippen LogP contribution in [0.4, 0.5) is 16.4 Å². The number of anilines is 2. The number of carbonyl (C=O) groups is 2. The lowest BCUT2D eigenvalue weighted by atomic mass is 10.0. The molecule has 0 aromatic carbocycles. The number of nitrogens with zero attached hydrogens (tertiary/aromatic N) is 4. The van der Waals surface area contributed by atoms with Gasteiger partial charge in [0.05, 0.1) is 12.1 Å². The first kappa shape index (κ1) is 28.0. The van der Waals surface area contributed by atoms with Crippen molar-refractivity contribution in [2.24, 2.45) is 11.7 Å². The number of aromatic nitrogens is 3. The molecule has 0 bridgehead atoms. The van der Waals surface area contributed by atoms with Crippen LogP contribution in [-0.4, -0.2) is 71.4 Å². The molecule has 1 saturated carbocycles. The summed E-state index contributed by atoms with van der Waals surface area (Å²) in [5.74, 6) is 2.02. The topological polar surface area (TPSA) is 154 Å². The molecule has 3 aromatic rings. The Balaban J connectivity index is 0.956. The van der Waals surface area contributed by atoms with Crippen molar-refractivity contribution >= 4 is 35.0 Å². The van der Waals surface area contributed by atoms with Crippen LogP contribution in [0.3, 0.4) is 0 Å². The van der Waals surface area contributed by atoms with Gasteiger partial charge in [0.15, 0.2) is 18.2 Å². The van der Waals surface area contributed by atoms with Gasteiger partial charge in [-0.3, -0.25) is 9.69 Å². The monoisotopic (exact) mass is 605 g/mol. The number of carbonyl (C=O) groups excluding carboxylic acids is 2. The highest BCUT2D eigenvalue weighted by Gasteiger charge is 2.40. The van der Waals surface area contributed by atoms with E-state index in [-0.39, 0.29) is 24.2 Å². The number of nitrogens with one attached hydrogen (secondary N) is 2. The molecular weight excluding hydrogens is 570 g/mol. The molecule has 226 valence electrons. The Hall–Kier alpha value is -3.81. The molecule has 2 atom stereocenters. The van der Waals surface area contributed by atoms with Gasteiger partial charge in [0.2, 0.25) is 5.88 Å². The zero-order valence-electron chi connectivity index (χ0n) is 24.3. The minimum atomic E-state index is -0.445. The molecule has 5 heterocycles. The Morgan fingerprint density at radius 1 is 1.21 bits per heavy atom.